The van der Waals surface area contributed by atoms with E-state index in [2.05, 4.69) is 48.5 Å². The molecule has 1 saturated carbocycles. The molecule has 0 aliphatic heterocycles. The molecule has 1 aliphatic carbocycles. The predicted octanol–water partition coefficient (Wildman–Crippen LogP) is 6.76. The lowest BCUT2D eigenvalue weighted by molar-refractivity contribution is -0.137. The molecule has 1 heterocycles. The van der Waals surface area contributed by atoms with Crippen molar-refractivity contribution in [3.8, 4) is 0 Å². The molecule has 3 rings (SSSR count). The van der Waals surface area contributed by atoms with Gasteiger partial charge in [0.2, 0.25) is 0 Å². The Labute approximate surface area is 199 Å². The van der Waals surface area contributed by atoms with Crippen LogP contribution < -0.4 is 0 Å². The van der Waals surface area contributed by atoms with E-state index in [1.807, 2.05) is 30.3 Å². The number of rotatable bonds is 11. The lowest BCUT2D eigenvalue weighted by Crippen LogP contribution is -2.26. The number of hydrogen-bond acceptors (Lipinski definition) is 4. The van der Waals surface area contributed by atoms with Crippen molar-refractivity contribution in [1.82, 2.24) is 5.16 Å². The van der Waals surface area contributed by atoms with E-state index in [0.717, 1.165) is 52.2 Å². The standard InChI is InChI=1S/C25H34INO4/c1-25(2,3)15-18-12-20(13-18)24-22(26)23(27-31-24)19(14-21(28)29)10-7-11-30-16-17-8-5-4-6-9-17/h4-6,8-9,18-20H,7,10-16H2,1-3H3,(H,28,29). The Morgan fingerprint density at radius 2 is 2.00 bits per heavy atom. The molecule has 1 aromatic carbocycles. The lowest BCUT2D eigenvalue weighted by Gasteiger charge is -2.37. The van der Waals surface area contributed by atoms with E-state index in [-0.39, 0.29) is 12.3 Å². The number of ether oxygens (including phenoxy) is 1. The molecule has 1 fully saturated rings. The number of nitrogens with zero attached hydrogens (tertiary/aromatic N) is 1. The first kappa shape index (κ1) is 24.2. The van der Waals surface area contributed by atoms with Crippen molar-refractivity contribution in [2.24, 2.45) is 11.3 Å². The minimum Gasteiger partial charge on any atom is -0.481 e. The van der Waals surface area contributed by atoms with Crippen molar-refractivity contribution >= 4 is 28.6 Å². The summed E-state index contributed by atoms with van der Waals surface area (Å²) in [5.41, 5.74) is 2.30. The van der Waals surface area contributed by atoms with Crippen molar-refractivity contribution in [2.75, 3.05) is 6.61 Å². The number of aromatic nitrogens is 1. The SMILES string of the molecule is CC(C)(C)CC1CC(c2onc(C(CCCOCc3ccccc3)CC(=O)O)c2I)C1. The van der Waals surface area contributed by atoms with E-state index in [1.54, 1.807) is 0 Å². The number of halogens is 1. The predicted molar refractivity (Wildman–Crippen MR) is 129 cm³/mol. The Kier molecular flexibility index (Phi) is 8.56. The number of benzene rings is 1. The van der Waals surface area contributed by atoms with Crippen LogP contribution in [0.2, 0.25) is 0 Å². The Hall–Kier alpha value is -1.41. The van der Waals surface area contributed by atoms with E-state index in [4.69, 9.17) is 9.26 Å². The number of carboxylic acids is 1. The van der Waals surface area contributed by atoms with Gasteiger partial charge in [-0.2, -0.15) is 0 Å². The summed E-state index contributed by atoms with van der Waals surface area (Å²) < 4.78 is 12.5. The molecule has 5 nitrogen and oxygen atoms in total. The van der Waals surface area contributed by atoms with E-state index in [9.17, 15) is 9.90 Å². The molecule has 6 heteroatoms. The molecular formula is C25H34INO4. The monoisotopic (exact) mass is 539 g/mol. The summed E-state index contributed by atoms with van der Waals surface area (Å²) in [5, 5.41) is 13.7. The third-order valence-corrected chi connectivity index (χ3v) is 7.04. The fourth-order valence-electron chi connectivity index (χ4n) is 4.54. The summed E-state index contributed by atoms with van der Waals surface area (Å²) in [6, 6.07) is 10.1. The maximum absolute atomic E-state index is 11.5. The van der Waals surface area contributed by atoms with Gasteiger partial charge < -0.3 is 14.4 Å². The summed E-state index contributed by atoms with van der Waals surface area (Å²) in [4.78, 5) is 11.5. The second-order valence-corrected chi connectivity index (χ2v) is 11.1. The highest BCUT2D eigenvalue weighted by molar-refractivity contribution is 14.1. The Morgan fingerprint density at radius 3 is 2.65 bits per heavy atom. The number of carboxylic acid groups (broad SMARTS) is 1. The van der Waals surface area contributed by atoms with Crippen LogP contribution in [0.3, 0.4) is 0 Å². The third-order valence-electron chi connectivity index (χ3n) is 5.95. The highest BCUT2D eigenvalue weighted by Gasteiger charge is 2.37. The van der Waals surface area contributed by atoms with Crippen LogP contribution in [0.25, 0.3) is 0 Å². The van der Waals surface area contributed by atoms with Gasteiger partial charge in [0, 0.05) is 18.4 Å². The first-order chi connectivity index (χ1) is 14.7. The van der Waals surface area contributed by atoms with Crippen molar-refractivity contribution in [2.45, 2.75) is 77.7 Å². The average Bonchev–Trinajstić information content (AvgIpc) is 3.04. The molecule has 1 aromatic heterocycles. The van der Waals surface area contributed by atoms with Gasteiger partial charge in [-0.05, 0) is 71.6 Å². The zero-order chi connectivity index (χ0) is 22.4. The lowest BCUT2D eigenvalue weighted by atomic mass is 9.67. The molecule has 1 N–H and O–H groups in total. The smallest absolute Gasteiger partial charge is 0.304 e. The summed E-state index contributed by atoms with van der Waals surface area (Å²) in [5.74, 6) is 1.17. The van der Waals surface area contributed by atoms with E-state index < -0.39 is 5.97 Å². The molecule has 0 bridgehead atoms. The van der Waals surface area contributed by atoms with Gasteiger partial charge in [0.15, 0.2) is 5.76 Å². The zero-order valence-corrected chi connectivity index (χ0v) is 20.9. The quantitative estimate of drug-likeness (QED) is 0.252. The summed E-state index contributed by atoms with van der Waals surface area (Å²) >= 11 is 2.30. The molecule has 170 valence electrons. The van der Waals surface area contributed by atoms with Crippen LogP contribution in [0.5, 0.6) is 0 Å². The van der Waals surface area contributed by atoms with Gasteiger partial charge in [-0.3, -0.25) is 4.79 Å². The van der Waals surface area contributed by atoms with Crippen LogP contribution in [-0.4, -0.2) is 22.8 Å². The van der Waals surface area contributed by atoms with Crippen LogP contribution in [0.15, 0.2) is 34.9 Å². The zero-order valence-electron chi connectivity index (χ0n) is 18.8. The van der Waals surface area contributed by atoms with Crippen molar-refractivity contribution in [1.29, 1.82) is 0 Å². The first-order valence-corrected chi connectivity index (χ1v) is 12.3. The molecule has 31 heavy (non-hydrogen) atoms. The number of aliphatic carboxylic acids is 1. The molecule has 0 amide bonds. The molecule has 1 atom stereocenters. The first-order valence-electron chi connectivity index (χ1n) is 11.2. The van der Waals surface area contributed by atoms with Crippen LogP contribution in [0.4, 0.5) is 0 Å². The van der Waals surface area contributed by atoms with Crippen LogP contribution in [0, 0.1) is 14.9 Å². The summed E-state index contributed by atoms with van der Waals surface area (Å²) in [7, 11) is 0. The fraction of sp³-hybridized carbons (Fsp3) is 0.600. The maximum atomic E-state index is 11.5. The third kappa shape index (κ3) is 7.31. The average molecular weight is 539 g/mol. The largest absolute Gasteiger partial charge is 0.481 e. The second kappa shape index (κ2) is 10.9. The minimum atomic E-state index is -0.801. The van der Waals surface area contributed by atoms with Gasteiger partial charge in [0.05, 0.1) is 16.6 Å². The van der Waals surface area contributed by atoms with Crippen molar-refractivity contribution in [3.05, 3.63) is 50.9 Å². The van der Waals surface area contributed by atoms with Gasteiger partial charge in [-0.25, -0.2) is 0 Å². The van der Waals surface area contributed by atoms with Gasteiger partial charge in [0.1, 0.15) is 5.69 Å². The molecule has 0 spiro atoms. The Morgan fingerprint density at radius 1 is 1.29 bits per heavy atom. The van der Waals surface area contributed by atoms with E-state index >= 15 is 0 Å². The number of hydrogen-bond donors (Lipinski definition) is 1. The van der Waals surface area contributed by atoms with Crippen molar-refractivity contribution in [3.63, 3.8) is 0 Å². The van der Waals surface area contributed by atoms with Gasteiger partial charge in [-0.1, -0.05) is 56.3 Å². The highest BCUT2D eigenvalue weighted by atomic mass is 127. The molecule has 0 radical (unpaired) electrons. The maximum Gasteiger partial charge on any atom is 0.304 e. The molecule has 2 aromatic rings. The molecule has 0 saturated heterocycles. The van der Waals surface area contributed by atoms with E-state index in [1.165, 1.54) is 6.42 Å². The highest BCUT2D eigenvalue weighted by Crippen LogP contribution is 2.48. The van der Waals surface area contributed by atoms with Gasteiger partial charge in [-0.15, -0.1) is 0 Å². The normalized spacial score (nSPS) is 19.7. The van der Waals surface area contributed by atoms with Gasteiger partial charge in [0.25, 0.3) is 0 Å². The van der Waals surface area contributed by atoms with Crippen molar-refractivity contribution < 1.29 is 19.2 Å². The van der Waals surface area contributed by atoms with Gasteiger partial charge >= 0.3 is 5.97 Å². The minimum absolute atomic E-state index is 0.0674. The molecule has 1 aliphatic rings. The van der Waals surface area contributed by atoms with E-state index in [0.29, 0.717) is 24.5 Å². The number of carbonyl (C=O) groups is 1. The molecule has 1 unspecified atom stereocenters. The summed E-state index contributed by atoms with van der Waals surface area (Å²) in [6.07, 6.45) is 5.09. The Balaban J connectivity index is 1.53. The van der Waals surface area contributed by atoms with Crippen LogP contribution >= 0.6 is 22.6 Å². The topological polar surface area (TPSA) is 72.6 Å². The fourth-order valence-corrected chi connectivity index (χ4v) is 5.61. The van der Waals surface area contributed by atoms with Crippen LogP contribution in [-0.2, 0) is 16.1 Å². The molecular weight excluding hydrogens is 505 g/mol. The summed E-state index contributed by atoms with van der Waals surface area (Å²) in [6.45, 7) is 8.04. The van der Waals surface area contributed by atoms with Crippen LogP contribution in [0.1, 0.15) is 88.1 Å². The Bertz CT molecular complexity index is 837. The second-order valence-electron chi connectivity index (χ2n) is 10.0.